The summed E-state index contributed by atoms with van der Waals surface area (Å²) in [5.74, 6) is 0.408. The van der Waals surface area contributed by atoms with E-state index in [1.165, 1.54) is 0 Å². The molecule has 1 saturated carbocycles. The molecular formula is C14H16O2. The van der Waals surface area contributed by atoms with Gasteiger partial charge in [0.1, 0.15) is 12.1 Å². The van der Waals surface area contributed by atoms with Gasteiger partial charge in [-0.15, -0.1) is 0 Å². The van der Waals surface area contributed by atoms with Crippen LogP contribution in [0.1, 0.15) is 37.2 Å². The molecule has 0 bridgehead atoms. The maximum absolute atomic E-state index is 11.4. The summed E-state index contributed by atoms with van der Waals surface area (Å²) in [5, 5.41) is 0. The Morgan fingerprint density at radius 2 is 2.00 bits per heavy atom. The fourth-order valence-corrected chi connectivity index (χ4v) is 2.50. The number of benzene rings is 1. The molecule has 2 nitrogen and oxygen atoms in total. The Morgan fingerprint density at radius 1 is 1.25 bits per heavy atom. The quantitative estimate of drug-likeness (QED) is 0.728. The lowest BCUT2D eigenvalue weighted by Gasteiger charge is -2.26. The average Bonchev–Trinajstić information content (AvgIpc) is 2.31. The molecule has 16 heavy (non-hydrogen) atoms. The third-order valence-electron chi connectivity index (χ3n) is 3.36. The second-order valence-electron chi connectivity index (χ2n) is 4.47. The van der Waals surface area contributed by atoms with Crippen LogP contribution in [-0.2, 0) is 9.59 Å². The molecule has 0 radical (unpaired) electrons. The van der Waals surface area contributed by atoms with Crippen molar-refractivity contribution in [1.82, 2.24) is 0 Å². The molecule has 0 heterocycles. The van der Waals surface area contributed by atoms with Gasteiger partial charge >= 0.3 is 0 Å². The van der Waals surface area contributed by atoms with Crippen LogP contribution in [0, 0.1) is 5.92 Å². The van der Waals surface area contributed by atoms with Crippen molar-refractivity contribution in [3.8, 4) is 0 Å². The second kappa shape index (κ2) is 5.06. The van der Waals surface area contributed by atoms with E-state index >= 15 is 0 Å². The molecule has 0 aliphatic heterocycles. The summed E-state index contributed by atoms with van der Waals surface area (Å²) in [4.78, 5) is 22.6. The highest BCUT2D eigenvalue weighted by Gasteiger charge is 2.27. The molecular weight excluding hydrogens is 200 g/mol. The minimum atomic E-state index is -0.106. The minimum absolute atomic E-state index is 0.106. The molecule has 84 valence electrons. The normalized spacial score (nSPS) is 22.8. The summed E-state index contributed by atoms with van der Waals surface area (Å²) in [6, 6.07) is 9.76. The third-order valence-corrected chi connectivity index (χ3v) is 3.36. The molecule has 0 amide bonds. The molecule has 0 aromatic heterocycles. The van der Waals surface area contributed by atoms with Gasteiger partial charge in [0.2, 0.25) is 0 Å². The van der Waals surface area contributed by atoms with Gasteiger partial charge in [-0.05, 0) is 24.3 Å². The molecule has 1 aliphatic carbocycles. The molecule has 0 saturated heterocycles. The molecule has 1 aromatic rings. The van der Waals surface area contributed by atoms with Crippen LogP contribution in [0.2, 0.25) is 0 Å². The van der Waals surface area contributed by atoms with Crippen LogP contribution in [0.15, 0.2) is 30.3 Å². The Bertz CT molecular complexity index is 370. The minimum Gasteiger partial charge on any atom is -0.303 e. The van der Waals surface area contributed by atoms with Crippen molar-refractivity contribution >= 4 is 12.1 Å². The number of Topliss-reactive ketones (excluding diaryl/α,β-unsaturated/α-hetero) is 1. The van der Waals surface area contributed by atoms with Crippen molar-refractivity contribution in [2.24, 2.45) is 5.92 Å². The van der Waals surface area contributed by atoms with Crippen molar-refractivity contribution in [1.29, 1.82) is 0 Å². The SMILES string of the molecule is O=C[C@@H](c1ccccc1)[C@@H]1CCCC(=O)C1. The van der Waals surface area contributed by atoms with E-state index < -0.39 is 0 Å². The Hall–Kier alpha value is -1.44. The zero-order chi connectivity index (χ0) is 11.4. The molecule has 0 spiro atoms. The number of rotatable bonds is 3. The van der Waals surface area contributed by atoms with E-state index in [1.54, 1.807) is 0 Å². The van der Waals surface area contributed by atoms with E-state index in [4.69, 9.17) is 0 Å². The molecule has 0 N–H and O–H groups in total. The van der Waals surface area contributed by atoms with Gasteiger partial charge in [0.05, 0.1) is 0 Å². The largest absolute Gasteiger partial charge is 0.303 e. The van der Waals surface area contributed by atoms with Crippen molar-refractivity contribution in [3.05, 3.63) is 35.9 Å². The lowest BCUT2D eigenvalue weighted by Crippen LogP contribution is -2.22. The molecule has 1 fully saturated rings. The van der Waals surface area contributed by atoms with Crippen molar-refractivity contribution < 1.29 is 9.59 Å². The fraction of sp³-hybridized carbons (Fsp3) is 0.429. The Balaban J connectivity index is 2.16. The van der Waals surface area contributed by atoms with Crippen molar-refractivity contribution in [2.45, 2.75) is 31.6 Å². The molecule has 2 heteroatoms. The molecule has 2 atom stereocenters. The van der Waals surface area contributed by atoms with Crippen molar-refractivity contribution in [3.63, 3.8) is 0 Å². The van der Waals surface area contributed by atoms with Crippen LogP contribution in [0.5, 0.6) is 0 Å². The summed E-state index contributed by atoms with van der Waals surface area (Å²) in [6.45, 7) is 0. The third kappa shape index (κ3) is 2.38. The molecule has 0 unspecified atom stereocenters. The van der Waals surface area contributed by atoms with Gasteiger partial charge in [-0.1, -0.05) is 30.3 Å². The predicted molar refractivity (Wildman–Crippen MR) is 62.2 cm³/mol. The summed E-state index contributed by atoms with van der Waals surface area (Å²) in [5.41, 5.74) is 1.04. The highest BCUT2D eigenvalue weighted by Crippen LogP contribution is 2.33. The summed E-state index contributed by atoms with van der Waals surface area (Å²) in [6.07, 6.45) is 4.18. The van der Waals surface area contributed by atoms with Gasteiger partial charge in [-0.3, -0.25) is 4.79 Å². The van der Waals surface area contributed by atoms with E-state index in [2.05, 4.69) is 0 Å². The molecule has 1 aliphatic rings. The summed E-state index contributed by atoms with van der Waals surface area (Å²) in [7, 11) is 0. The van der Waals surface area contributed by atoms with Crippen LogP contribution < -0.4 is 0 Å². The van der Waals surface area contributed by atoms with E-state index in [0.29, 0.717) is 18.6 Å². The van der Waals surface area contributed by atoms with Crippen LogP contribution in [0.25, 0.3) is 0 Å². The first-order valence-electron chi connectivity index (χ1n) is 5.83. The molecule has 1 aromatic carbocycles. The van der Waals surface area contributed by atoms with Crippen LogP contribution in [0.4, 0.5) is 0 Å². The molecule has 2 rings (SSSR count). The number of aldehydes is 1. The zero-order valence-corrected chi connectivity index (χ0v) is 9.26. The van der Waals surface area contributed by atoms with Gasteiger partial charge in [-0.25, -0.2) is 0 Å². The zero-order valence-electron chi connectivity index (χ0n) is 9.26. The summed E-state index contributed by atoms with van der Waals surface area (Å²) < 4.78 is 0. The number of carbonyl (C=O) groups is 2. The number of hydrogen-bond donors (Lipinski definition) is 0. The van der Waals surface area contributed by atoms with Gasteiger partial charge in [0, 0.05) is 18.8 Å². The van der Waals surface area contributed by atoms with Crippen LogP contribution in [0.3, 0.4) is 0 Å². The topological polar surface area (TPSA) is 34.1 Å². The lowest BCUT2D eigenvalue weighted by atomic mass is 9.77. The second-order valence-corrected chi connectivity index (χ2v) is 4.47. The smallest absolute Gasteiger partial charge is 0.133 e. The lowest BCUT2D eigenvalue weighted by molar-refractivity contribution is -0.122. The summed E-state index contributed by atoms with van der Waals surface area (Å²) >= 11 is 0. The monoisotopic (exact) mass is 216 g/mol. The predicted octanol–water partition coefficient (Wildman–Crippen LogP) is 2.73. The fourth-order valence-electron chi connectivity index (χ4n) is 2.50. The Kier molecular flexibility index (Phi) is 3.50. The van der Waals surface area contributed by atoms with E-state index in [1.807, 2.05) is 30.3 Å². The average molecular weight is 216 g/mol. The number of hydrogen-bond acceptors (Lipinski definition) is 2. The highest BCUT2D eigenvalue weighted by atomic mass is 16.1. The van der Waals surface area contributed by atoms with E-state index in [0.717, 1.165) is 24.7 Å². The Morgan fingerprint density at radius 3 is 2.62 bits per heavy atom. The first-order chi connectivity index (χ1) is 7.81. The van der Waals surface area contributed by atoms with Gasteiger partial charge < -0.3 is 4.79 Å². The van der Waals surface area contributed by atoms with Gasteiger partial charge in [-0.2, -0.15) is 0 Å². The van der Waals surface area contributed by atoms with Crippen LogP contribution >= 0.6 is 0 Å². The van der Waals surface area contributed by atoms with Gasteiger partial charge in [0.25, 0.3) is 0 Å². The maximum atomic E-state index is 11.4. The Labute approximate surface area is 95.7 Å². The first-order valence-corrected chi connectivity index (χ1v) is 5.83. The van der Waals surface area contributed by atoms with E-state index in [9.17, 15) is 9.59 Å². The number of ketones is 1. The standard InChI is InChI=1S/C14H16O2/c15-10-14(11-5-2-1-3-6-11)12-7-4-8-13(16)9-12/h1-3,5-6,10,12,14H,4,7-9H2/t12-,14+/m1/s1. The maximum Gasteiger partial charge on any atom is 0.133 e. The number of carbonyl (C=O) groups excluding carboxylic acids is 2. The van der Waals surface area contributed by atoms with Gasteiger partial charge in [0.15, 0.2) is 0 Å². The first kappa shape index (κ1) is 11.1. The van der Waals surface area contributed by atoms with Crippen molar-refractivity contribution in [2.75, 3.05) is 0 Å². The van der Waals surface area contributed by atoms with E-state index in [-0.39, 0.29) is 11.8 Å². The highest BCUT2D eigenvalue weighted by molar-refractivity contribution is 5.80. The van der Waals surface area contributed by atoms with Crippen LogP contribution in [-0.4, -0.2) is 12.1 Å².